The summed E-state index contributed by atoms with van der Waals surface area (Å²) in [5.41, 5.74) is 8.83. The summed E-state index contributed by atoms with van der Waals surface area (Å²) in [5.74, 6) is -10.2. The fourth-order valence-corrected chi connectivity index (χ4v) is 11.1. The van der Waals surface area contributed by atoms with E-state index in [1.807, 2.05) is 72.8 Å². The maximum Gasteiger partial charge on any atom is 3.00 e. The molecule has 0 aliphatic carbocycles. The molecule has 0 fully saturated rings. The number of carbonyl (C=O) groups excluding carboxylic acids is 6. The van der Waals surface area contributed by atoms with Gasteiger partial charge >= 0.3 is 17.4 Å². The Labute approximate surface area is 401 Å². The van der Waals surface area contributed by atoms with Crippen LogP contribution in [0, 0.1) is 17.8 Å². The average Bonchev–Trinajstić information content (AvgIpc) is 4.00. The molecule has 0 radical (unpaired) electrons. The van der Waals surface area contributed by atoms with Crippen LogP contribution in [-0.4, -0.2) is 105 Å². The normalized spacial score (nSPS) is 12.0. The summed E-state index contributed by atoms with van der Waals surface area (Å²) >= 11 is 8.01. The summed E-state index contributed by atoms with van der Waals surface area (Å²) in [6, 6.07) is 22.9. The third-order valence-corrected chi connectivity index (χ3v) is 14.5. The van der Waals surface area contributed by atoms with Crippen molar-refractivity contribution in [2.24, 2.45) is 17.8 Å². The largest absolute Gasteiger partial charge is 3.00 e. The Hall–Kier alpha value is -4.39. The van der Waals surface area contributed by atoms with E-state index < -0.39 is 53.4 Å². The number of carboxylic acid groups (broad SMARTS) is 3. The number of aliphatic carboxylic acids is 3. The number of fused-ring (bicyclic) bond motifs is 3. The number of amides is 3. The van der Waals surface area contributed by atoms with Gasteiger partial charge in [0, 0.05) is 17.3 Å². The van der Waals surface area contributed by atoms with Crippen molar-refractivity contribution in [2.45, 2.75) is 33.8 Å². The van der Waals surface area contributed by atoms with Crippen LogP contribution in [0.2, 0.25) is 0 Å². The summed E-state index contributed by atoms with van der Waals surface area (Å²) < 4.78 is 5.20. The summed E-state index contributed by atoms with van der Waals surface area (Å²) in [6.07, 6.45) is 0. The molecule has 64 heavy (non-hydrogen) atoms. The summed E-state index contributed by atoms with van der Waals surface area (Å²) in [7, 11) is 0. The third-order valence-electron chi connectivity index (χ3n) is 7.70. The van der Waals surface area contributed by atoms with Gasteiger partial charge in [-0.15, -0.1) is 34.0 Å². The van der Waals surface area contributed by atoms with Crippen LogP contribution < -0.4 is 31.8 Å². The van der Waals surface area contributed by atoms with Crippen LogP contribution in [0.15, 0.2) is 85.8 Å². The molecule has 6 aromatic rings. The molecule has 3 amide bonds. The van der Waals surface area contributed by atoms with Crippen LogP contribution in [0.5, 0.6) is 0 Å². The molecular weight excluding hydrogens is 964 g/mol. The van der Waals surface area contributed by atoms with E-state index in [0.717, 1.165) is 30.6 Å². The first-order valence-electron chi connectivity index (χ1n) is 18.7. The molecule has 0 spiro atoms. The number of carboxylic acids is 3. The Bertz CT molecular complexity index is 2110. The fourth-order valence-electron chi connectivity index (χ4n) is 4.60. The molecule has 3 aromatic heterocycles. The monoisotopic (exact) mass is 1000 g/mol. The van der Waals surface area contributed by atoms with Crippen molar-refractivity contribution in [2.75, 3.05) is 37.1 Å². The van der Waals surface area contributed by atoms with Crippen molar-refractivity contribution in [3.05, 3.63) is 72.8 Å². The molecule has 6 rings (SSSR count). The first-order chi connectivity index (χ1) is 30.3. The number of hydroxylamine groups is 3. The molecule has 0 aliphatic heterocycles. The molecule has 0 bridgehead atoms. The van der Waals surface area contributed by atoms with E-state index in [1.54, 1.807) is 20.8 Å². The minimum Gasteiger partial charge on any atom is -0.549 e. The van der Waals surface area contributed by atoms with Gasteiger partial charge in [0.1, 0.15) is 0 Å². The number of thioether (sulfide) groups is 3. The van der Waals surface area contributed by atoms with Gasteiger partial charge in [0.15, 0.2) is 13.0 Å². The van der Waals surface area contributed by atoms with Crippen molar-refractivity contribution >= 4 is 153 Å². The summed E-state index contributed by atoms with van der Waals surface area (Å²) in [4.78, 5) is 95.3. The van der Waals surface area contributed by atoms with E-state index in [2.05, 4.69) is 31.4 Å². The Morgan fingerprint density at radius 1 is 0.500 bits per heavy atom. The molecule has 3 heterocycles. The molecule has 0 saturated carbocycles. The number of thiazole rings is 3. The number of rotatable bonds is 21. The van der Waals surface area contributed by atoms with E-state index in [-0.39, 0.29) is 54.4 Å². The third kappa shape index (κ3) is 17.2. The zero-order valence-corrected chi connectivity index (χ0v) is 40.2. The number of nitrogens with zero attached hydrogens (tertiary/aromatic N) is 3. The number of nitrogens with one attached hydrogen (secondary N) is 3. The standard InChI is InChI=1S/3C13H14N2O4S2.Al/c3*1-2-19-15-11(16)8(12(17)18)7-20-13-14-9-5-3-4-6-10(9)21-13;/h3*3-6,8H,2,7H2,1H3,(H,15,16)(H,17,18);/q;;;+3/p-3. The molecule has 0 saturated heterocycles. The number of hydrogen-bond donors (Lipinski definition) is 3. The van der Waals surface area contributed by atoms with Gasteiger partial charge in [-0.25, -0.2) is 31.4 Å². The zero-order chi connectivity index (χ0) is 45.7. The summed E-state index contributed by atoms with van der Waals surface area (Å²) in [6.45, 7) is 5.84. The molecule has 3 N–H and O–H groups in total. The SMILES string of the molecule is CCONC(=O)C(CSc1nc2ccccc2s1)C(=O)[O-].CCONC(=O)C(CSc1nc2ccccc2s1)C(=O)[O-].CCONC(=O)C(CSc1nc2ccccc2s1)C(=O)[O-].[Al+3]. The quantitative estimate of drug-likeness (QED) is 0.0403. The molecular formula is C39H39AlN6O12S6. The Balaban J connectivity index is 0.000000253. The second kappa shape index (κ2) is 28.5. The zero-order valence-electron chi connectivity index (χ0n) is 34.2. The van der Waals surface area contributed by atoms with Gasteiger partial charge in [0.25, 0.3) is 17.7 Å². The van der Waals surface area contributed by atoms with Crippen molar-refractivity contribution < 1.29 is 58.6 Å². The van der Waals surface area contributed by atoms with Gasteiger partial charge < -0.3 is 29.7 Å². The van der Waals surface area contributed by atoms with Gasteiger partial charge in [-0.1, -0.05) is 71.7 Å². The van der Waals surface area contributed by atoms with E-state index >= 15 is 0 Å². The maximum atomic E-state index is 11.6. The number of para-hydroxylation sites is 3. The van der Waals surface area contributed by atoms with Crippen LogP contribution in [-0.2, 0) is 43.3 Å². The second-order valence-corrected chi connectivity index (χ2v) is 19.0. The first-order valence-corrected chi connectivity index (χ1v) is 24.1. The van der Waals surface area contributed by atoms with Gasteiger partial charge in [-0.05, 0) is 57.2 Å². The van der Waals surface area contributed by atoms with Gasteiger partial charge in [0.2, 0.25) is 0 Å². The van der Waals surface area contributed by atoms with Crippen LogP contribution in [0.3, 0.4) is 0 Å². The smallest absolute Gasteiger partial charge is 0.549 e. The Kier molecular flexibility index (Phi) is 24.0. The molecule has 3 atom stereocenters. The van der Waals surface area contributed by atoms with Crippen molar-refractivity contribution in [3.63, 3.8) is 0 Å². The second-order valence-electron chi connectivity index (χ2n) is 12.1. The number of aromatic nitrogens is 3. The maximum absolute atomic E-state index is 11.6. The molecule has 3 unspecified atom stereocenters. The van der Waals surface area contributed by atoms with Crippen LogP contribution in [0.4, 0.5) is 0 Å². The Morgan fingerprint density at radius 3 is 0.969 bits per heavy atom. The van der Waals surface area contributed by atoms with Gasteiger partial charge in [0.05, 0.1) is 86.1 Å². The number of benzene rings is 3. The van der Waals surface area contributed by atoms with Crippen LogP contribution in [0.25, 0.3) is 30.6 Å². The predicted octanol–water partition coefficient (Wildman–Crippen LogP) is 2.09. The summed E-state index contributed by atoms with van der Waals surface area (Å²) in [5, 5.41) is 33.1. The van der Waals surface area contributed by atoms with Crippen LogP contribution in [0.1, 0.15) is 20.8 Å². The molecule has 3 aromatic carbocycles. The van der Waals surface area contributed by atoms with E-state index in [4.69, 9.17) is 14.5 Å². The molecule has 18 nitrogen and oxygen atoms in total. The number of carbonyl (C=O) groups is 6. The van der Waals surface area contributed by atoms with Gasteiger partial charge in [-0.2, -0.15) is 0 Å². The first kappa shape index (κ1) is 53.9. The predicted molar refractivity (Wildman–Crippen MR) is 242 cm³/mol. The molecule has 25 heteroatoms. The topological polar surface area (TPSA) is 274 Å². The number of hydrogen-bond acceptors (Lipinski definition) is 21. The minimum absolute atomic E-state index is 0. The minimum atomic E-state index is -1.43. The van der Waals surface area contributed by atoms with Crippen molar-refractivity contribution in [1.29, 1.82) is 0 Å². The molecule has 336 valence electrons. The van der Waals surface area contributed by atoms with Gasteiger partial charge in [-0.3, -0.25) is 28.9 Å². The van der Waals surface area contributed by atoms with Crippen LogP contribution >= 0.6 is 69.3 Å². The van der Waals surface area contributed by atoms with E-state index in [9.17, 15) is 44.1 Å². The fraction of sp³-hybridized carbons (Fsp3) is 0.308. The average molecular weight is 1000 g/mol. The van der Waals surface area contributed by atoms with Crippen molar-refractivity contribution in [1.82, 2.24) is 31.4 Å². The van der Waals surface area contributed by atoms with E-state index in [1.165, 1.54) is 69.3 Å². The Morgan fingerprint density at radius 2 is 0.750 bits per heavy atom. The molecule has 0 aliphatic rings. The van der Waals surface area contributed by atoms with E-state index in [0.29, 0.717) is 13.0 Å². The van der Waals surface area contributed by atoms with Crippen molar-refractivity contribution in [3.8, 4) is 0 Å².